The standard InChI is InChI=1S/C13H18N2O5S/c1-8-3-4-10(7-11(8)12(14)16)21(19,20)15-6-5-9(2)13(17)18/h3-4,7,9,15H,5-6H2,1-2H3,(H2,14,16)(H,17,18). The number of hydrogen-bond donors (Lipinski definition) is 3. The summed E-state index contributed by atoms with van der Waals surface area (Å²) in [7, 11) is -3.81. The molecule has 0 aliphatic carbocycles. The number of carbonyl (C=O) groups is 2. The molecule has 1 unspecified atom stereocenters. The first-order valence-corrected chi connectivity index (χ1v) is 7.76. The Hall–Kier alpha value is -1.93. The van der Waals surface area contributed by atoms with Crippen molar-refractivity contribution in [2.45, 2.75) is 25.2 Å². The van der Waals surface area contributed by atoms with E-state index in [-0.39, 0.29) is 23.4 Å². The summed E-state index contributed by atoms with van der Waals surface area (Å²) in [4.78, 5) is 21.8. The molecule has 116 valence electrons. The molecule has 21 heavy (non-hydrogen) atoms. The van der Waals surface area contributed by atoms with Crippen LogP contribution in [0.1, 0.15) is 29.3 Å². The van der Waals surface area contributed by atoms with Crippen LogP contribution >= 0.6 is 0 Å². The summed E-state index contributed by atoms with van der Waals surface area (Å²) >= 11 is 0. The predicted molar refractivity (Wildman–Crippen MR) is 76.3 cm³/mol. The highest BCUT2D eigenvalue weighted by molar-refractivity contribution is 7.89. The van der Waals surface area contributed by atoms with Crippen molar-refractivity contribution < 1.29 is 23.1 Å². The van der Waals surface area contributed by atoms with Crippen molar-refractivity contribution in [2.24, 2.45) is 11.7 Å². The fourth-order valence-electron chi connectivity index (χ4n) is 1.65. The topological polar surface area (TPSA) is 127 Å². The number of nitrogens with two attached hydrogens (primary N) is 1. The fourth-order valence-corrected chi connectivity index (χ4v) is 2.72. The molecule has 0 heterocycles. The van der Waals surface area contributed by atoms with Gasteiger partial charge >= 0.3 is 5.97 Å². The van der Waals surface area contributed by atoms with E-state index in [1.807, 2.05) is 0 Å². The van der Waals surface area contributed by atoms with Gasteiger partial charge in [0.05, 0.1) is 10.8 Å². The maximum Gasteiger partial charge on any atom is 0.306 e. The van der Waals surface area contributed by atoms with E-state index in [1.54, 1.807) is 6.92 Å². The lowest BCUT2D eigenvalue weighted by Gasteiger charge is -2.10. The number of nitrogens with one attached hydrogen (secondary N) is 1. The number of primary amides is 1. The zero-order valence-corrected chi connectivity index (χ0v) is 12.6. The molecule has 0 spiro atoms. The molecule has 0 saturated heterocycles. The summed E-state index contributed by atoms with van der Waals surface area (Å²) in [6.07, 6.45) is 0.170. The second kappa shape index (κ2) is 6.68. The first-order valence-electron chi connectivity index (χ1n) is 6.28. The Bertz CT molecular complexity index is 655. The van der Waals surface area contributed by atoms with Gasteiger partial charge in [-0.05, 0) is 31.0 Å². The monoisotopic (exact) mass is 314 g/mol. The van der Waals surface area contributed by atoms with Crippen LogP contribution < -0.4 is 10.5 Å². The van der Waals surface area contributed by atoms with Gasteiger partial charge in [-0.2, -0.15) is 0 Å². The van der Waals surface area contributed by atoms with Crippen molar-refractivity contribution in [3.05, 3.63) is 29.3 Å². The Labute approximate surface area is 123 Å². The molecular weight excluding hydrogens is 296 g/mol. The maximum absolute atomic E-state index is 12.1. The van der Waals surface area contributed by atoms with E-state index in [2.05, 4.69) is 4.72 Å². The molecular formula is C13H18N2O5S. The van der Waals surface area contributed by atoms with Gasteiger partial charge in [0.1, 0.15) is 0 Å². The predicted octanol–water partition coefficient (Wildman–Crippen LogP) is 0.483. The van der Waals surface area contributed by atoms with Crippen molar-refractivity contribution >= 4 is 21.9 Å². The lowest BCUT2D eigenvalue weighted by atomic mass is 10.1. The average Bonchev–Trinajstić information content (AvgIpc) is 2.38. The molecule has 1 rings (SSSR count). The SMILES string of the molecule is Cc1ccc(S(=O)(=O)NCCC(C)C(=O)O)cc1C(N)=O. The Morgan fingerprint density at radius 2 is 2.00 bits per heavy atom. The van der Waals surface area contributed by atoms with E-state index in [4.69, 9.17) is 10.8 Å². The third-order valence-corrected chi connectivity index (χ3v) is 4.53. The van der Waals surface area contributed by atoms with Gasteiger partial charge in [-0.1, -0.05) is 13.0 Å². The number of benzene rings is 1. The summed E-state index contributed by atoms with van der Waals surface area (Å²) < 4.78 is 26.4. The first-order chi connectivity index (χ1) is 9.65. The van der Waals surface area contributed by atoms with Gasteiger partial charge in [-0.15, -0.1) is 0 Å². The average molecular weight is 314 g/mol. The van der Waals surface area contributed by atoms with Crippen molar-refractivity contribution in [3.63, 3.8) is 0 Å². The molecule has 8 heteroatoms. The second-order valence-corrected chi connectivity index (χ2v) is 6.53. The summed E-state index contributed by atoms with van der Waals surface area (Å²) in [5.74, 6) is -2.34. The molecule has 1 aromatic rings. The summed E-state index contributed by atoms with van der Waals surface area (Å²) in [5, 5.41) is 8.73. The zero-order valence-electron chi connectivity index (χ0n) is 11.8. The number of carboxylic acids is 1. The number of aryl methyl sites for hydroxylation is 1. The molecule has 4 N–H and O–H groups in total. The highest BCUT2D eigenvalue weighted by Gasteiger charge is 2.18. The van der Waals surface area contributed by atoms with Crippen LogP contribution in [-0.4, -0.2) is 31.9 Å². The lowest BCUT2D eigenvalue weighted by molar-refractivity contribution is -0.141. The largest absolute Gasteiger partial charge is 0.481 e. The van der Waals surface area contributed by atoms with Crippen molar-refractivity contribution in [1.82, 2.24) is 4.72 Å². The van der Waals surface area contributed by atoms with E-state index < -0.39 is 27.8 Å². The lowest BCUT2D eigenvalue weighted by Crippen LogP contribution is -2.27. The number of carboxylic acid groups (broad SMARTS) is 1. The van der Waals surface area contributed by atoms with E-state index in [0.717, 1.165) is 0 Å². The molecule has 0 aliphatic rings. The number of amides is 1. The zero-order chi connectivity index (χ0) is 16.2. The molecule has 7 nitrogen and oxygen atoms in total. The molecule has 0 saturated carbocycles. The minimum absolute atomic E-state index is 0.00438. The molecule has 1 atom stereocenters. The molecule has 0 fully saturated rings. The van der Waals surface area contributed by atoms with E-state index >= 15 is 0 Å². The highest BCUT2D eigenvalue weighted by Crippen LogP contribution is 2.15. The molecule has 0 bridgehead atoms. The molecule has 0 radical (unpaired) electrons. The van der Waals surface area contributed by atoms with Crippen molar-refractivity contribution in [1.29, 1.82) is 0 Å². The molecule has 1 amide bonds. The van der Waals surface area contributed by atoms with Gasteiger partial charge < -0.3 is 10.8 Å². The van der Waals surface area contributed by atoms with E-state index in [9.17, 15) is 18.0 Å². The van der Waals surface area contributed by atoms with Gasteiger partial charge in [0.25, 0.3) is 0 Å². The Balaban J connectivity index is 2.86. The summed E-state index contributed by atoms with van der Waals surface area (Å²) in [6.45, 7) is 3.14. The number of carbonyl (C=O) groups excluding carboxylic acids is 1. The third-order valence-electron chi connectivity index (χ3n) is 3.08. The van der Waals surface area contributed by atoms with Gasteiger partial charge in [0.2, 0.25) is 15.9 Å². The minimum Gasteiger partial charge on any atom is -0.481 e. The van der Waals surface area contributed by atoms with Crippen LogP contribution in [-0.2, 0) is 14.8 Å². The summed E-state index contributed by atoms with van der Waals surface area (Å²) in [6, 6.07) is 4.07. The number of aliphatic carboxylic acids is 1. The second-order valence-electron chi connectivity index (χ2n) is 4.77. The Morgan fingerprint density at radius 1 is 1.38 bits per heavy atom. The van der Waals surface area contributed by atoms with Crippen LogP contribution in [0, 0.1) is 12.8 Å². The van der Waals surface area contributed by atoms with Crippen LogP contribution in [0.25, 0.3) is 0 Å². The normalized spacial score (nSPS) is 12.9. The molecule has 1 aromatic carbocycles. The van der Waals surface area contributed by atoms with Crippen LogP contribution in [0.3, 0.4) is 0 Å². The van der Waals surface area contributed by atoms with Crippen molar-refractivity contribution in [2.75, 3.05) is 6.54 Å². The van der Waals surface area contributed by atoms with Gasteiger partial charge in [0.15, 0.2) is 0 Å². The van der Waals surface area contributed by atoms with Crippen molar-refractivity contribution in [3.8, 4) is 0 Å². The van der Waals surface area contributed by atoms with Crippen LogP contribution in [0.4, 0.5) is 0 Å². The Morgan fingerprint density at radius 3 is 2.52 bits per heavy atom. The quantitative estimate of drug-likeness (QED) is 0.675. The smallest absolute Gasteiger partial charge is 0.306 e. The van der Waals surface area contributed by atoms with E-state index in [0.29, 0.717) is 5.56 Å². The number of hydrogen-bond acceptors (Lipinski definition) is 4. The highest BCUT2D eigenvalue weighted by atomic mass is 32.2. The van der Waals surface area contributed by atoms with Crippen LogP contribution in [0.2, 0.25) is 0 Å². The fraction of sp³-hybridized carbons (Fsp3) is 0.385. The number of rotatable bonds is 7. The van der Waals surface area contributed by atoms with E-state index in [1.165, 1.54) is 25.1 Å². The van der Waals surface area contributed by atoms with Crippen LogP contribution in [0.15, 0.2) is 23.1 Å². The number of sulfonamides is 1. The maximum atomic E-state index is 12.1. The Kier molecular flexibility index (Phi) is 5.45. The molecule has 0 aliphatic heterocycles. The van der Waals surface area contributed by atoms with Gasteiger partial charge in [-0.25, -0.2) is 13.1 Å². The van der Waals surface area contributed by atoms with Gasteiger partial charge in [0, 0.05) is 12.1 Å². The first kappa shape index (κ1) is 17.1. The van der Waals surface area contributed by atoms with Crippen LogP contribution in [0.5, 0.6) is 0 Å². The van der Waals surface area contributed by atoms with Gasteiger partial charge in [-0.3, -0.25) is 9.59 Å². The minimum atomic E-state index is -3.81. The summed E-state index contributed by atoms with van der Waals surface area (Å²) in [5.41, 5.74) is 5.90. The third kappa shape index (κ3) is 4.54. The molecule has 0 aromatic heterocycles.